The van der Waals surface area contributed by atoms with Crippen LogP contribution in [0.1, 0.15) is 38.3 Å². The van der Waals surface area contributed by atoms with Crippen LogP contribution in [0.5, 0.6) is 0 Å². The predicted molar refractivity (Wildman–Crippen MR) is 62.7 cm³/mol. The zero-order valence-corrected chi connectivity index (χ0v) is 9.94. The molecule has 0 bridgehead atoms. The third kappa shape index (κ3) is 3.18. The summed E-state index contributed by atoms with van der Waals surface area (Å²) in [5, 5.41) is 3.80. The lowest BCUT2D eigenvalue weighted by Crippen LogP contribution is -2.22. The largest absolute Gasteiger partial charge is 0.310 e. The molecule has 1 N–H and O–H groups in total. The molecule has 0 heterocycles. The maximum absolute atomic E-state index is 13.6. The summed E-state index contributed by atoms with van der Waals surface area (Å²) in [4.78, 5) is 0. The second kappa shape index (κ2) is 6.09. The minimum atomic E-state index is -0.224. The van der Waals surface area contributed by atoms with Crippen molar-refractivity contribution in [3.63, 3.8) is 0 Å². The number of hydrogen-bond acceptors (Lipinski definition) is 1. The predicted octanol–water partition coefficient (Wildman–Crippen LogP) is 3.93. The second-order valence-corrected chi connectivity index (χ2v) is 3.96. The van der Waals surface area contributed by atoms with Crippen LogP contribution in [0.25, 0.3) is 0 Å². The molecular weight excluding hydrogens is 213 g/mol. The number of halogens is 2. The highest BCUT2D eigenvalue weighted by molar-refractivity contribution is 6.31. The molecule has 1 rings (SSSR count). The maximum atomic E-state index is 13.6. The SMILES string of the molecule is CCCNC(CC)c1c(F)cccc1Cl. The van der Waals surface area contributed by atoms with Crippen LogP contribution in [0.3, 0.4) is 0 Å². The van der Waals surface area contributed by atoms with Gasteiger partial charge in [-0.2, -0.15) is 0 Å². The van der Waals surface area contributed by atoms with Crippen molar-refractivity contribution in [2.75, 3.05) is 6.54 Å². The van der Waals surface area contributed by atoms with Crippen LogP contribution in [0.4, 0.5) is 4.39 Å². The summed E-state index contributed by atoms with van der Waals surface area (Å²) in [7, 11) is 0. The Kier molecular flexibility index (Phi) is 5.06. The summed E-state index contributed by atoms with van der Waals surface area (Å²) in [5.41, 5.74) is 0.593. The average Bonchev–Trinajstić information content (AvgIpc) is 2.22. The minimum Gasteiger partial charge on any atom is -0.310 e. The first-order valence-electron chi connectivity index (χ1n) is 5.38. The Morgan fingerprint density at radius 1 is 1.40 bits per heavy atom. The molecular formula is C12H17ClFN. The molecule has 0 radical (unpaired) electrons. The van der Waals surface area contributed by atoms with Crippen LogP contribution in [0.2, 0.25) is 5.02 Å². The molecule has 0 aliphatic carbocycles. The second-order valence-electron chi connectivity index (χ2n) is 3.55. The first-order valence-corrected chi connectivity index (χ1v) is 5.75. The van der Waals surface area contributed by atoms with Gasteiger partial charge in [-0.05, 0) is 31.5 Å². The Morgan fingerprint density at radius 2 is 2.13 bits per heavy atom. The van der Waals surface area contributed by atoms with Gasteiger partial charge in [0.05, 0.1) is 0 Å². The average molecular weight is 230 g/mol. The molecule has 1 aromatic rings. The van der Waals surface area contributed by atoms with E-state index < -0.39 is 0 Å². The van der Waals surface area contributed by atoms with Crippen molar-refractivity contribution in [3.05, 3.63) is 34.6 Å². The van der Waals surface area contributed by atoms with Crippen LogP contribution in [0.15, 0.2) is 18.2 Å². The van der Waals surface area contributed by atoms with Crippen molar-refractivity contribution in [1.82, 2.24) is 5.32 Å². The van der Waals surface area contributed by atoms with Crippen LogP contribution < -0.4 is 5.32 Å². The Balaban J connectivity index is 2.90. The topological polar surface area (TPSA) is 12.0 Å². The van der Waals surface area contributed by atoms with Crippen molar-refractivity contribution in [3.8, 4) is 0 Å². The molecule has 1 unspecified atom stereocenters. The zero-order chi connectivity index (χ0) is 11.3. The van der Waals surface area contributed by atoms with E-state index in [1.54, 1.807) is 12.1 Å². The number of rotatable bonds is 5. The van der Waals surface area contributed by atoms with E-state index in [4.69, 9.17) is 11.6 Å². The monoisotopic (exact) mass is 229 g/mol. The van der Waals surface area contributed by atoms with Crippen LogP contribution in [0, 0.1) is 5.82 Å². The van der Waals surface area contributed by atoms with Crippen molar-refractivity contribution in [1.29, 1.82) is 0 Å². The summed E-state index contributed by atoms with van der Waals surface area (Å²) in [5.74, 6) is -0.224. The van der Waals surface area contributed by atoms with Crippen molar-refractivity contribution in [2.24, 2.45) is 0 Å². The van der Waals surface area contributed by atoms with Gasteiger partial charge in [0.1, 0.15) is 5.82 Å². The van der Waals surface area contributed by atoms with Crippen LogP contribution in [-0.4, -0.2) is 6.54 Å². The lowest BCUT2D eigenvalue weighted by atomic mass is 10.0. The highest BCUT2D eigenvalue weighted by atomic mass is 35.5. The van der Waals surface area contributed by atoms with Gasteiger partial charge in [-0.15, -0.1) is 0 Å². The molecule has 15 heavy (non-hydrogen) atoms. The highest BCUT2D eigenvalue weighted by Gasteiger charge is 2.16. The summed E-state index contributed by atoms with van der Waals surface area (Å²) in [6, 6.07) is 4.83. The first-order chi connectivity index (χ1) is 7.20. The molecule has 84 valence electrons. The van der Waals surface area contributed by atoms with E-state index in [0.717, 1.165) is 19.4 Å². The Labute approximate surface area is 95.6 Å². The molecule has 0 aromatic heterocycles. The van der Waals surface area contributed by atoms with Gasteiger partial charge in [0.2, 0.25) is 0 Å². The minimum absolute atomic E-state index is 0.0126. The number of nitrogens with one attached hydrogen (secondary N) is 1. The standard InChI is InChI=1S/C12H17ClFN/c1-3-8-15-11(4-2)12-9(13)6-5-7-10(12)14/h5-7,11,15H,3-4,8H2,1-2H3. The van der Waals surface area contributed by atoms with Crippen LogP contribution in [-0.2, 0) is 0 Å². The fourth-order valence-corrected chi connectivity index (χ4v) is 1.91. The fourth-order valence-electron chi connectivity index (χ4n) is 1.61. The molecule has 0 saturated heterocycles. The van der Waals surface area contributed by atoms with E-state index in [-0.39, 0.29) is 11.9 Å². The molecule has 0 saturated carbocycles. The third-order valence-corrected chi connectivity index (χ3v) is 2.73. The third-order valence-electron chi connectivity index (χ3n) is 2.40. The highest BCUT2D eigenvalue weighted by Crippen LogP contribution is 2.27. The van der Waals surface area contributed by atoms with E-state index >= 15 is 0 Å². The molecule has 1 nitrogen and oxygen atoms in total. The van der Waals surface area contributed by atoms with Gasteiger partial charge >= 0.3 is 0 Å². The number of hydrogen-bond donors (Lipinski definition) is 1. The molecule has 0 amide bonds. The summed E-state index contributed by atoms with van der Waals surface area (Å²) < 4.78 is 13.6. The van der Waals surface area contributed by atoms with E-state index in [0.29, 0.717) is 10.6 Å². The Morgan fingerprint density at radius 3 is 2.67 bits per heavy atom. The van der Waals surface area contributed by atoms with Gasteiger partial charge in [0, 0.05) is 16.6 Å². The summed E-state index contributed by atoms with van der Waals surface area (Å²) >= 11 is 6.00. The molecule has 0 fully saturated rings. The quantitative estimate of drug-likeness (QED) is 0.807. The summed E-state index contributed by atoms with van der Waals surface area (Å²) in [6.07, 6.45) is 1.86. The molecule has 0 spiro atoms. The Bertz CT molecular complexity index is 294. The van der Waals surface area contributed by atoms with E-state index in [2.05, 4.69) is 12.2 Å². The Hall–Kier alpha value is -0.600. The van der Waals surface area contributed by atoms with Gasteiger partial charge in [-0.1, -0.05) is 31.5 Å². The van der Waals surface area contributed by atoms with Gasteiger partial charge < -0.3 is 5.32 Å². The maximum Gasteiger partial charge on any atom is 0.129 e. The molecule has 1 atom stereocenters. The van der Waals surface area contributed by atoms with E-state index in [1.165, 1.54) is 6.07 Å². The fraction of sp³-hybridized carbons (Fsp3) is 0.500. The van der Waals surface area contributed by atoms with E-state index in [9.17, 15) is 4.39 Å². The van der Waals surface area contributed by atoms with Crippen molar-refractivity contribution >= 4 is 11.6 Å². The van der Waals surface area contributed by atoms with Crippen molar-refractivity contribution in [2.45, 2.75) is 32.7 Å². The van der Waals surface area contributed by atoms with Gasteiger partial charge in [-0.3, -0.25) is 0 Å². The summed E-state index contributed by atoms with van der Waals surface area (Å²) in [6.45, 7) is 4.99. The van der Waals surface area contributed by atoms with Crippen molar-refractivity contribution < 1.29 is 4.39 Å². The smallest absolute Gasteiger partial charge is 0.129 e. The molecule has 0 aliphatic rings. The molecule has 0 aliphatic heterocycles. The number of benzene rings is 1. The first kappa shape index (κ1) is 12.5. The van der Waals surface area contributed by atoms with Gasteiger partial charge in [0.25, 0.3) is 0 Å². The molecule has 3 heteroatoms. The lowest BCUT2D eigenvalue weighted by Gasteiger charge is -2.18. The normalized spacial score (nSPS) is 12.8. The van der Waals surface area contributed by atoms with E-state index in [1.807, 2.05) is 6.92 Å². The zero-order valence-electron chi connectivity index (χ0n) is 9.19. The lowest BCUT2D eigenvalue weighted by molar-refractivity contribution is 0.489. The van der Waals surface area contributed by atoms with Crippen LogP contribution >= 0.6 is 11.6 Å². The van der Waals surface area contributed by atoms with Gasteiger partial charge in [-0.25, -0.2) is 4.39 Å². The van der Waals surface area contributed by atoms with Gasteiger partial charge in [0.15, 0.2) is 0 Å². The molecule has 1 aromatic carbocycles.